The molecule has 0 bridgehead atoms. The Bertz CT molecular complexity index is 596. The van der Waals surface area contributed by atoms with E-state index in [1.165, 1.54) is 11.1 Å². The highest BCUT2D eigenvalue weighted by atomic mass is 32.2. The molecule has 5 heteroatoms. The summed E-state index contributed by atoms with van der Waals surface area (Å²) in [7, 11) is -3.01. The molecule has 21 heavy (non-hydrogen) atoms. The number of nitrogens with zero attached hydrogens (tertiary/aromatic N) is 2. The third kappa shape index (κ3) is 3.65. The zero-order valence-electron chi connectivity index (χ0n) is 12.7. The van der Waals surface area contributed by atoms with Crippen molar-refractivity contribution in [2.24, 2.45) is 0 Å². The Labute approximate surface area is 127 Å². The van der Waals surface area contributed by atoms with Gasteiger partial charge in [-0.2, -0.15) is 0 Å². The molecule has 1 aromatic carbocycles. The normalized spacial score (nSPS) is 22.1. The summed E-state index contributed by atoms with van der Waals surface area (Å²) in [5, 5.41) is -0.0826. The molecule has 0 amide bonds. The second kappa shape index (κ2) is 6.07. The molecule has 1 heterocycles. The van der Waals surface area contributed by atoms with Crippen molar-refractivity contribution >= 4 is 10.0 Å². The van der Waals surface area contributed by atoms with Crippen molar-refractivity contribution in [3.63, 3.8) is 0 Å². The summed E-state index contributed by atoms with van der Waals surface area (Å²) in [5.74, 6) is 0. The predicted octanol–water partition coefficient (Wildman–Crippen LogP) is 1.99. The zero-order chi connectivity index (χ0) is 14.9. The Morgan fingerprint density at radius 1 is 1.14 bits per heavy atom. The molecule has 1 aliphatic heterocycles. The van der Waals surface area contributed by atoms with Crippen molar-refractivity contribution in [2.75, 3.05) is 26.2 Å². The molecule has 0 aromatic heterocycles. The van der Waals surface area contributed by atoms with Gasteiger partial charge in [0.25, 0.3) is 0 Å². The van der Waals surface area contributed by atoms with E-state index in [0.29, 0.717) is 13.1 Å². The third-order valence-electron chi connectivity index (χ3n) is 4.34. The molecule has 1 saturated carbocycles. The molecule has 0 radical (unpaired) electrons. The number of aryl methyl sites for hydroxylation is 1. The first-order valence-corrected chi connectivity index (χ1v) is 9.33. The van der Waals surface area contributed by atoms with Gasteiger partial charge in [-0.05, 0) is 38.3 Å². The van der Waals surface area contributed by atoms with E-state index < -0.39 is 10.0 Å². The van der Waals surface area contributed by atoms with Gasteiger partial charge in [0, 0.05) is 26.2 Å². The SMILES string of the molecule is Cc1cccc(CN2CCCN(S(=O)(=O)C3CC3)CC2)c1. The van der Waals surface area contributed by atoms with Gasteiger partial charge in [-0.15, -0.1) is 0 Å². The Hall–Kier alpha value is -0.910. The molecule has 1 aliphatic carbocycles. The van der Waals surface area contributed by atoms with Crippen LogP contribution in [-0.4, -0.2) is 49.1 Å². The average Bonchev–Trinajstić information content (AvgIpc) is 3.26. The van der Waals surface area contributed by atoms with E-state index in [2.05, 4.69) is 36.1 Å². The summed E-state index contributed by atoms with van der Waals surface area (Å²) in [6.45, 7) is 6.16. The highest BCUT2D eigenvalue weighted by Crippen LogP contribution is 2.31. The average molecular weight is 308 g/mol. The standard InChI is InChI=1S/C16H24N2O2S/c1-14-4-2-5-15(12-14)13-17-8-3-9-18(11-10-17)21(19,20)16-6-7-16/h2,4-5,12,16H,3,6-11,13H2,1H3. The molecule has 2 fully saturated rings. The fourth-order valence-corrected chi connectivity index (χ4v) is 4.88. The van der Waals surface area contributed by atoms with E-state index in [4.69, 9.17) is 0 Å². The van der Waals surface area contributed by atoms with Gasteiger partial charge in [0.15, 0.2) is 0 Å². The molecular formula is C16H24N2O2S. The fourth-order valence-electron chi connectivity index (χ4n) is 3.01. The minimum atomic E-state index is -3.01. The Morgan fingerprint density at radius 2 is 1.95 bits per heavy atom. The van der Waals surface area contributed by atoms with E-state index in [1.54, 1.807) is 4.31 Å². The van der Waals surface area contributed by atoms with Crippen molar-refractivity contribution < 1.29 is 8.42 Å². The van der Waals surface area contributed by atoms with E-state index in [0.717, 1.165) is 38.9 Å². The molecule has 1 aromatic rings. The number of hydrogen-bond donors (Lipinski definition) is 0. The van der Waals surface area contributed by atoms with Crippen LogP contribution in [0.4, 0.5) is 0 Å². The van der Waals surface area contributed by atoms with Gasteiger partial charge in [-0.25, -0.2) is 12.7 Å². The summed E-state index contributed by atoms with van der Waals surface area (Å²) in [5.41, 5.74) is 2.59. The topological polar surface area (TPSA) is 40.6 Å². The van der Waals surface area contributed by atoms with Crippen LogP contribution in [0.3, 0.4) is 0 Å². The second-order valence-corrected chi connectivity index (χ2v) is 8.48. The quantitative estimate of drug-likeness (QED) is 0.854. The van der Waals surface area contributed by atoms with Crippen molar-refractivity contribution in [3.05, 3.63) is 35.4 Å². The van der Waals surface area contributed by atoms with Gasteiger partial charge >= 0.3 is 0 Å². The molecule has 116 valence electrons. The Morgan fingerprint density at radius 3 is 2.67 bits per heavy atom. The fraction of sp³-hybridized carbons (Fsp3) is 0.625. The lowest BCUT2D eigenvalue weighted by molar-refractivity contribution is 0.278. The predicted molar refractivity (Wildman–Crippen MR) is 84.6 cm³/mol. The van der Waals surface area contributed by atoms with Crippen LogP contribution in [0.25, 0.3) is 0 Å². The van der Waals surface area contributed by atoms with E-state index in [9.17, 15) is 8.42 Å². The largest absolute Gasteiger partial charge is 0.298 e. The van der Waals surface area contributed by atoms with Crippen molar-refractivity contribution in [3.8, 4) is 0 Å². The van der Waals surface area contributed by atoms with Gasteiger partial charge in [0.05, 0.1) is 5.25 Å². The van der Waals surface area contributed by atoms with Crippen LogP contribution >= 0.6 is 0 Å². The second-order valence-electron chi connectivity index (χ2n) is 6.26. The lowest BCUT2D eigenvalue weighted by atomic mass is 10.1. The summed E-state index contributed by atoms with van der Waals surface area (Å²) in [4.78, 5) is 2.37. The van der Waals surface area contributed by atoms with Gasteiger partial charge in [0.1, 0.15) is 0 Å². The minimum Gasteiger partial charge on any atom is -0.298 e. The van der Waals surface area contributed by atoms with E-state index >= 15 is 0 Å². The number of benzene rings is 1. The molecule has 0 spiro atoms. The van der Waals surface area contributed by atoms with Gasteiger partial charge < -0.3 is 0 Å². The van der Waals surface area contributed by atoms with E-state index in [1.807, 2.05) is 0 Å². The van der Waals surface area contributed by atoms with Crippen LogP contribution in [0.1, 0.15) is 30.4 Å². The lowest BCUT2D eigenvalue weighted by Gasteiger charge is -2.21. The van der Waals surface area contributed by atoms with E-state index in [-0.39, 0.29) is 5.25 Å². The van der Waals surface area contributed by atoms with Crippen molar-refractivity contribution in [1.82, 2.24) is 9.21 Å². The van der Waals surface area contributed by atoms with Crippen LogP contribution in [0.2, 0.25) is 0 Å². The minimum absolute atomic E-state index is 0.0826. The maximum absolute atomic E-state index is 12.3. The summed E-state index contributed by atoms with van der Waals surface area (Å²) >= 11 is 0. The molecule has 0 atom stereocenters. The first-order valence-electron chi connectivity index (χ1n) is 7.82. The first-order chi connectivity index (χ1) is 10.1. The lowest BCUT2D eigenvalue weighted by Crippen LogP contribution is -2.37. The summed E-state index contributed by atoms with van der Waals surface area (Å²) in [6, 6.07) is 8.56. The smallest absolute Gasteiger partial charge is 0.217 e. The van der Waals surface area contributed by atoms with Crippen LogP contribution < -0.4 is 0 Å². The zero-order valence-corrected chi connectivity index (χ0v) is 13.5. The molecule has 2 aliphatic rings. The molecule has 3 rings (SSSR count). The van der Waals surface area contributed by atoms with Crippen LogP contribution in [0.15, 0.2) is 24.3 Å². The van der Waals surface area contributed by atoms with Gasteiger partial charge in [-0.1, -0.05) is 29.8 Å². The van der Waals surface area contributed by atoms with Crippen molar-refractivity contribution in [2.45, 2.75) is 38.0 Å². The number of hydrogen-bond acceptors (Lipinski definition) is 3. The van der Waals surface area contributed by atoms with Crippen LogP contribution in [0, 0.1) is 6.92 Å². The molecule has 0 unspecified atom stereocenters. The monoisotopic (exact) mass is 308 g/mol. The molecular weight excluding hydrogens is 284 g/mol. The van der Waals surface area contributed by atoms with Gasteiger partial charge in [0.2, 0.25) is 10.0 Å². The third-order valence-corrected chi connectivity index (χ3v) is 6.74. The Balaban J connectivity index is 1.60. The maximum Gasteiger partial charge on any atom is 0.217 e. The molecule has 0 N–H and O–H groups in total. The summed E-state index contributed by atoms with van der Waals surface area (Å²) in [6.07, 6.45) is 2.63. The molecule has 4 nitrogen and oxygen atoms in total. The van der Waals surface area contributed by atoms with Crippen LogP contribution in [0.5, 0.6) is 0 Å². The van der Waals surface area contributed by atoms with Crippen molar-refractivity contribution in [1.29, 1.82) is 0 Å². The highest BCUT2D eigenvalue weighted by molar-refractivity contribution is 7.90. The first kappa shape index (κ1) is 15.0. The number of sulfonamides is 1. The Kier molecular flexibility index (Phi) is 4.33. The highest BCUT2D eigenvalue weighted by Gasteiger charge is 2.40. The summed E-state index contributed by atoms with van der Waals surface area (Å²) < 4.78 is 26.4. The number of rotatable bonds is 4. The van der Waals surface area contributed by atoms with Gasteiger partial charge in [-0.3, -0.25) is 4.90 Å². The molecule has 1 saturated heterocycles. The maximum atomic E-state index is 12.3. The van der Waals surface area contributed by atoms with Crippen LogP contribution in [-0.2, 0) is 16.6 Å².